The van der Waals surface area contributed by atoms with Crippen LogP contribution in [0.1, 0.15) is 6.42 Å². The van der Waals surface area contributed by atoms with Crippen molar-refractivity contribution in [3.05, 3.63) is 30.3 Å². The molecule has 1 aromatic carbocycles. The van der Waals surface area contributed by atoms with Crippen LogP contribution in [0.2, 0.25) is 0 Å². The fraction of sp³-hybridized carbons (Fsp3) is 0.273. The predicted octanol–water partition coefficient (Wildman–Crippen LogP) is 1.46. The minimum atomic E-state index is 0.253. The Bertz CT molecular complexity index is 369. The number of nitrogens with two attached hydrogens (primary N) is 1. The van der Waals surface area contributed by atoms with Crippen LogP contribution in [-0.2, 0) is 0 Å². The second-order valence-electron chi connectivity index (χ2n) is 3.50. The molecule has 0 aromatic heterocycles. The molecule has 0 saturated carbocycles. The highest BCUT2D eigenvalue weighted by Crippen LogP contribution is 2.10. The highest BCUT2D eigenvalue weighted by atomic mass is 15.2. The summed E-state index contributed by atoms with van der Waals surface area (Å²) in [4.78, 5) is 0. The van der Waals surface area contributed by atoms with E-state index in [1.807, 2.05) is 30.3 Å². The van der Waals surface area contributed by atoms with E-state index in [1.54, 1.807) is 6.21 Å². The van der Waals surface area contributed by atoms with Gasteiger partial charge in [0.05, 0.1) is 0 Å². The van der Waals surface area contributed by atoms with Gasteiger partial charge in [0, 0.05) is 24.4 Å². The van der Waals surface area contributed by atoms with Crippen molar-refractivity contribution in [1.82, 2.24) is 0 Å². The average Bonchev–Trinajstić information content (AvgIpc) is 2.29. The summed E-state index contributed by atoms with van der Waals surface area (Å²) in [7, 11) is 0. The van der Waals surface area contributed by atoms with Gasteiger partial charge < -0.3 is 11.1 Å². The number of rotatable bonds is 3. The highest BCUT2D eigenvalue weighted by Gasteiger charge is 2.14. The number of hydrogen-bond acceptors (Lipinski definition) is 4. The second kappa shape index (κ2) is 4.59. The van der Waals surface area contributed by atoms with Gasteiger partial charge in [-0.15, -0.1) is 5.10 Å². The third kappa shape index (κ3) is 2.56. The normalized spacial score (nSPS) is 19.7. The van der Waals surface area contributed by atoms with E-state index in [4.69, 9.17) is 5.73 Å². The number of benzene rings is 1. The quantitative estimate of drug-likeness (QED) is 0.779. The Labute approximate surface area is 88.9 Å². The first-order chi connectivity index (χ1) is 7.36. The Morgan fingerprint density at radius 1 is 1.33 bits per heavy atom. The number of hydrogen-bond donors (Lipinski definition) is 2. The van der Waals surface area contributed by atoms with Crippen molar-refractivity contribution >= 4 is 17.7 Å². The lowest BCUT2D eigenvalue weighted by molar-refractivity contribution is 0.742. The lowest BCUT2D eigenvalue weighted by Gasteiger charge is -2.17. The summed E-state index contributed by atoms with van der Waals surface area (Å²) in [5, 5.41) is 10.9. The van der Waals surface area contributed by atoms with E-state index >= 15 is 0 Å². The summed E-state index contributed by atoms with van der Waals surface area (Å²) in [6.07, 6.45) is 2.66. The molecule has 3 N–H and O–H groups in total. The third-order valence-electron chi connectivity index (χ3n) is 2.39. The van der Waals surface area contributed by atoms with Gasteiger partial charge in [-0.2, -0.15) is 5.10 Å². The van der Waals surface area contributed by atoms with E-state index in [0.29, 0.717) is 5.84 Å². The molecule has 1 heterocycles. The molecule has 0 spiro atoms. The van der Waals surface area contributed by atoms with Gasteiger partial charge in [-0.1, -0.05) is 18.2 Å². The van der Waals surface area contributed by atoms with E-state index in [-0.39, 0.29) is 5.92 Å². The number of anilines is 1. The van der Waals surface area contributed by atoms with Crippen LogP contribution in [-0.4, -0.2) is 18.6 Å². The SMILES string of the molecule is NC1=NN=CCC1CNc1ccccc1. The Morgan fingerprint density at radius 3 is 2.87 bits per heavy atom. The standard InChI is InChI=1S/C11H14N4/c12-11-9(6-7-14-15-11)8-13-10-4-2-1-3-5-10/h1-5,7,9,13H,6,8H2,(H2,12,15). The van der Waals surface area contributed by atoms with E-state index < -0.39 is 0 Å². The van der Waals surface area contributed by atoms with Gasteiger partial charge in [0.1, 0.15) is 5.84 Å². The van der Waals surface area contributed by atoms with Gasteiger partial charge in [-0.05, 0) is 18.6 Å². The van der Waals surface area contributed by atoms with Crippen molar-refractivity contribution in [3.8, 4) is 0 Å². The maximum Gasteiger partial charge on any atom is 0.127 e. The first kappa shape index (κ1) is 9.71. The Kier molecular flexibility index (Phi) is 2.97. The third-order valence-corrected chi connectivity index (χ3v) is 2.39. The van der Waals surface area contributed by atoms with Crippen molar-refractivity contribution in [3.63, 3.8) is 0 Å². The lowest BCUT2D eigenvalue weighted by Crippen LogP contribution is -2.31. The maximum absolute atomic E-state index is 5.74. The van der Waals surface area contributed by atoms with E-state index in [1.165, 1.54) is 0 Å². The van der Waals surface area contributed by atoms with Crippen molar-refractivity contribution in [2.24, 2.45) is 21.9 Å². The molecule has 0 bridgehead atoms. The molecule has 0 saturated heterocycles. The highest BCUT2D eigenvalue weighted by molar-refractivity contribution is 5.87. The molecule has 0 amide bonds. The van der Waals surface area contributed by atoms with Crippen LogP contribution in [0.15, 0.2) is 40.5 Å². The summed E-state index contributed by atoms with van der Waals surface area (Å²) >= 11 is 0. The van der Waals surface area contributed by atoms with E-state index in [9.17, 15) is 0 Å². The zero-order valence-corrected chi connectivity index (χ0v) is 8.43. The predicted molar refractivity (Wildman–Crippen MR) is 63.2 cm³/mol. The Hall–Kier alpha value is -1.84. The molecule has 0 fully saturated rings. The summed E-state index contributed by atoms with van der Waals surface area (Å²) < 4.78 is 0. The Morgan fingerprint density at radius 2 is 2.13 bits per heavy atom. The first-order valence-corrected chi connectivity index (χ1v) is 5.00. The summed E-state index contributed by atoms with van der Waals surface area (Å²) in [5.74, 6) is 0.864. The number of nitrogens with one attached hydrogen (secondary N) is 1. The van der Waals surface area contributed by atoms with Gasteiger partial charge >= 0.3 is 0 Å². The molecule has 1 aliphatic heterocycles. The molecule has 4 heteroatoms. The van der Waals surface area contributed by atoms with Gasteiger partial charge in [0.15, 0.2) is 0 Å². The first-order valence-electron chi connectivity index (χ1n) is 5.00. The van der Waals surface area contributed by atoms with Crippen LogP contribution in [0.3, 0.4) is 0 Å². The fourth-order valence-electron chi connectivity index (χ4n) is 1.47. The van der Waals surface area contributed by atoms with Gasteiger partial charge in [0.25, 0.3) is 0 Å². The number of nitrogens with zero attached hydrogens (tertiary/aromatic N) is 2. The molecule has 1 unspecified atom stereocenters. The molecule has 4 nitrogen and oxygen atoms in total. The molecule has 15 heavy (non-hydrogen) atoms. The molecular formula is C11H14N4. The van der Waals surface area contributed by atoms with Crippen molar-refractivity contribution < 1.29 is 0 Å². The maximum atomic E-state index is 5.74. The van der Waals surface area contributed by atoms with Crippen LogP contribution in [0.4, 0.5) is 5.69 Å². The summed E-state index contributed by atoms with van der Waals surface area (Å²) in [6, 6.07) is 10.1. The molecule has 78 valence electrons. The zero-order chi connectivity index (χ0) is 10.5. The van der Waals surface area contributed by atoms with Crippen LogP contribution in [0.5, 0.6) is 0 Å². The zero-order valence-electron chi connectivity index (χ0n) is 8.43. The molecule has 1 atom stereocenters. The van der Waals surface area contributed by atoms with Crippen LogP contribution in [0.25, 0.3) is 0 Å². The monoisotopic (exact) mass is 202 g/mol. The van der Waals surface area contributed by atoms with Crippen molar-refractivity contribution in [2.75, 3.05) is 11.9 Å². The van der Waals surface area contributed by atoms with Gasteiger partial charge in [0.2, 0.25) is 0 Å². The van der Waals surface area contributed by atoms with Gasteiger partial charge in [-0.3, -0.25) is 0 Å². The number of para-hydroxylation sites is 1. The smallest absolute Gasteiger partial charge is 0.127 e. The van der Waals surface area contributed by atoms with Gasteiger partial charge in [-0.25, -0.2) is 0 Å². The molecule has 0 radical (unpaired) electrons. The second-order valence-corrected chi connectivity index (χ2v) is 3.50. The molecule has 1 aromatic rings. The fourth-order valence-corrected chi connectivity index (χ4v) is 1.47. The molecule has 2 rings (SSSR count). The molecule has 1 aliphatic rings. The van der Waals surface area contributed by atoms with Crippen LogP contribution < -0.4 is 11.1 Å². The molecular weight excluding hydrogens is 188 g/mol. The topological polar surface area (TPSA) is 62.8 Å². The lowest BCUT2D eigenvalue weighted by atomic mass is 10.0. The van der Waals surface area contributed by atoms with E-state index in [0.717, 1.165) is 18.7 Å². The van der Waals surface area contributed by atoms with Crippen LogP contribution in [0, 0.1) is 5.92 Å². The van der Waals surface area contributed by atoms with E-state index in [2.05, 4.69) is 15.5 Å². The number of amidine groups is 1. The largest absolute Gasteiger partial charge is 0.385 e. The minimum absolute atomic E-state index is 0.253. The summed E-state index contributed by atoms with van der Waals surface area (Å²) in [5.41, 5.74) is 6.84. The van der Waals surface area contributed by atoms with Crippen molar-refractivity contribution in [2.45, 2.75) is 6.42 Å². The average molecular weight is 202 g/mol. The van der Waals surface area contributed by atoms with Crippen molar-refractivity contribution in [1.29, 1.82) is 0 Å². The Balaban J connectivity index is 1.89. The molecule has 0 aliphatic carbocycles. The van der Waals surface area contributed by atoms with Crippen LogP contribution >= 0.6 is 0 Å². The summed E-state index contributed by atoms with van der Waals surface area (Å²) in [6.45, 7) is 0.797. The minimum Gasteiger partial charge on any atom is -0.385 e.